The number of para-hydroxylation sites is 1. The third-order valence-electron chi connectivity index (χ3n) is 4.89. The average molecular weight is 485 g/mol. The molecule has 9 heteroatoms. The Labute approximate surface area is 200 Å². The number of methoxy groups -OCH3 is 1. The van der Waals surface area contributed by atoms with E-state index in [0.29, 0.717) is 22.9 Å². The first-order valence-corrected chi connectivity index (χ1v) is 12.5. The number of hydrogen-bond acceptors (Lipinski definition) is 6. The van der Waals surface area contributed by atoms with E-state index in [0.717, 1.165) is 16.3 Å². The van der Waals surface area contributed by atoms with Gasteiger partial charge in [0.15, 0.2) is 0 Å². The minimum absolute atomic E-state index is 0.219. The SMILES string of the molecule is COc1ccc(OCCNC(=O)[C@H](C)N(c2ccc(Oc3ccccc3)cc2)S(C)(=O)=O)cc1. The molecule has 0 heterocycles. The fraction of sp³-hybridized carbons (Fsp3) is 0.240. The highest BCUT2D eigenvalue weighted by atomic mass is 32.2. The lowest BCUT2D eigenvalue weighted by molar-refractivity contribution is -0.121. The number of anilines is 1. The third kappa shape index (κ3) is 6.89. The van der Waals surface area contributed by atoms with Gasteiger partial charge in [-0.05, 0) is 67.6 Å². The van der Waals surface area contributed by atoms with Crippen LogP contribution in [0.3, 0.4) is 0 Å². The van der Waals surface area contributed by atoms with E-state index in [4.69, 9.17) is 14.2 Å². The Hall–Kier alpha value is -3.72. The van der Waals surface area contributed by atoms with Gasteiger partial charge in [0, 0.05) is 0 Å². The molecule has 0 saturated carbocycles. The summed E-state index contributed by atoms with van der Waals surface area (Å²) in [4.78, 5) is 12.7. The summed E-state index contributed by atoms with van der Waals surface area (Å²) in [5.74, 6) is 2.14. The first kappa shape index (κ1) is 24.9. The Kier molecular flexibility index (Phi) is 8.37. The van der Waals surface area contributed by atoms with E-state index in [2.05, 4.69) is 5.32 Å². The number of carbonyl (C=O) groups excluding carboxylic acids is 1. The Balaban J connectivity index is 1.59. The summed E-state index contributed by atoms with van der Waals surface area (Å²) in [6.45, 7) is 1.99. The van der Waals surface area contributed by atoms with Crippen LogP contribution in [-0.4, -0.2) is 46.9 Å². The topological polar surface area (TPSA) is 94.2 Å². The van der Waals surface area contributed by atoms with Gasteiger partial charge in [0.25, 0.3) is 0 Å². The number of ether oxygens (including phenoxy) is 3. The number of sulfonamides is 1. The number of benzene rings is 3. The molecule has 0 aromatic heterocycles. The number of nitrogens with zero attached hydrogens (tertiary/aromatic N) is 1. The average Bonchev–Trinajstić information content (AvgIpc) is 2.83. The maximum atomic E-state index is 12.7. The number of amides is 1. The summed E-state index contributed by atoms with van der Waals surface area (Å²) in [7, 11) is -2.14. The van der Waals surface area contributed by atoms with E-state index in [-0.39, 0.29) is 13.2 Å². The van der Waals surface area contributed by atoms with Gasteiger partial charge in [-0.25, -0.2) is 8.42 Å². The second-order valence-electron chi connectivity index (χ2n) is 7.46. The molecule has 1 amide bonds. The summed E-state index contributed by atoms with van der Waals surface area (Å²) in [5.41, 5.74) is 0.361. The molecule has 0 unspecified atom stereocenters. The minimum atomic E-state index is -3.73. The zero-order valence-corrected chi connectivity index (χ0v) is 20.1. The predicted octanol–water partition coefficient (Wildman–Crippen LogP) is 3.84. The summed E-state index contributed by atoms with van der Waals surface area (Å²) >= 11 is 0. The highest BCUT2D eigenvalue weighted by Gasteiger charge is 2.29. The van der Waals surface area contributed by atoms with Gasteiger partial charge in [0.1, 0.15) is 35.6 Å². The van der Waals surface area contributed by atoms with Gasteiger partial charge in [0.05, 0.1) is 25.6 Å². The third-order valence-corrected chi connectivity index (χ3v) is 6.13. The molecule has 1 N–H and O–H groups in total. The molecular formula is C25H28N2O6S. The molecule has 3 rings (SSSR count). The number of nitrogens with one attached hydrogen (secondary N) is 1. The van der Waals surface area contributed by atoms with Crippen molar-refractivity contribution in [2.24, 2.45) is 0 Å². The fourth-order valence-corrected chi connectivity index (χ4v) is 4.43. The van der Waals surface area contributed by atoms with Gasteiger partial charge in [0.2, 0.25) is 15.9 Å². The molecule has 0 bridgehead atoms. The molecule has 3 aromatic carbocycles. The summed E-state index contributed by atoms with van der Waals surface area (Å²) in [6.07, 6.45) is 1.07. The van der Waals surface area contributed by atoms with Crippen molar-refractivity contribution in [2.45, 2.75) is 13.0 Å². The molecule has 8 nitrogen and oxygen atoms in total. The lowest BCUT2D eigenvalue weighted by Crippen LogP contribution is -2.48. The zero-order valence-electron chi connectivity index (χ0n) is 19.3. The van der Waals surface area contributed by atoms with Gasteiger partial charge in [-0.2, -0.15) is 0 Å². The summed E-state index contributed by atoms with van der Waals surface area (Å²) in [6, 6.07) is 21.9. The van der Waals surface area contributed by atoms with Crippen molar-refractivity contribution < 1.29 is 27.4 Å². The van der Waals surface area contributed by atoms with Gasteiger partial charge >= 0.3 is 0 Å². The van der Waals surface area contributed by atoms with Crippen molar-refractivity contribution >= 4 is 21.6 Å². The highest BCUT2D eigenvalue weighted by Crippen LogP contribution is 2.27. The molecule has 0 fully saturated rings. The maximum Gasteiger partial charge on any atom is 0.243 e. The van der Waals surface area contributed by atoms with Gasteiger partial charge in [-0.3, -0.25) is 9.10 Å². The predicted molar refractivity (Wildman–Crippen MR) is 131 cm³/mol. The molecule has 0 spiro atoms. The van der Waals surface area contributed by atoms with E-state index >= 15 is 0 Å². The molecule has 0 aliphatic carbocycles. The van der Waals surface area contributed by atoms with E-state index in [1.165, 1.54) is 6.92 Å². The second kappa shape index (κ2) is 11.4. The fourth-order valence-electron chi connectivity index (χ4n) is 3.26. The van der Waals surface area contributed by atoms with Gasteiger partial charge in [-0.1, -0.05) is 18.2 Å². The first-order chi connectivity index (χ1) is 16.3. The Morgan fingerprint density at radius 2 is 1.44 bits per heavy atom. The Morgan fingerprint density at radius 3 is 2.03 bits per heavy atom. The molecule has 3 aromatic rings. The summed E-state index contributed by atoms with van der Waals surface area (Å²) < 4.78 is 42.5. The van der Waals surface area contributed by atoms with E-state index in [1.54, 1.807) is 55.6 Å². The monoisotopic (exact) mass is 484 g/mol. The van der Waals surface area contributed by atoms with Crippen LogP contribution < -0.4 is 23.8 Å². The molecule has 0 aliphatic rings. The molecule has 0 aliphatic heterocycles. The quantitative estimate of drug-likeness (QED) is 0.416. The van der Waals surface area contributed by atoms with Crippen LogP contribution in [0.1, 0.15) is 6.92 Å². The van der Waals surface area contributed by atoms with Crippen molar-refractivity contribution in [1.29, 1.82) is 0 Å². The Morgan fingerprint density at radius 1 is 0.882 bits per heavy atom. The van der Waals surface area contributed by atoms with Gasteiger partial charge < -0.3 is 19.5 Å². The van der Waals surface area contributed by atoms with Gasteiger partial charge in [-0.15, -0.1) is 0 Å². The van der Waals surface area contributed by atoms with Crippen LogP contribution in [0.15, 0.2) is 78.9 Å². The van der Waals surface area contributed by atoms with Crippen molar-refractivity contribution in [3.63, 3.8) is 0 Å². The standard InChI is InChI=1S/C25H28N2O6S/c1-19(25(28)26-17-18-32-22-15-13-21(31-2)14-16-22)27(34(3,29)30)20-9-11-24(12-10-20)33-23-7-5-4-6-8-23/h4-16,19H,17-18H2,1-3H3,(H,26,28)/t19-/m0/s1. The molecule has 0 radical (unpaired) electrons. The second-order valence-corrected chi connectivity index (χ2v) is 9.32. The van der Waals surface area contributed by atoms with E-state index in [1.807, 2.05) is 30.3 Å². The Bertz CT molecular complexity index is 1170. The summed E-state index contributed by atoms with van der Waals surface area (Å²) in [5, 5.41) is 2.72. The lowest BCUT2D eigenvalue weighted by atomic mass is 10.2. The van der Waals surface area contributed by atoms with Crippen LogP contribution in [0.2, 0.25) is 0 Å². The van der Waals surface area contributed by atoms with Crippen LogP contribution in [-0.2, 0) is 14.8 Å². The number of hydrogen-bond donors (Lipinski definition) is 1. The highest BCUT2D eigenvalue weighted by molar-refractivity contribution is 7.92. The minimum Gasteiger partial charge on any atom is -0.497 e. The normalized spacial score (nSPS) is 11.9. The van der Waals surface area contributed by atoms with Crippen LogP contribution in [0.25, 0.3) is 0 Å². The van der Waals surface area contributed by atoms with Crippen LogP contribution in [0.4, 0.5) is 5.69 Å². The number of carbonyl (C=O) groups is 1. The number of rotatable bonds is 11. The smallest absolute Gasteiger partial charge is 0.243 e. The molecule has 0 saturated heterocycles. The van der Waals surface area contributed by atoms with Crippen molar-refractivity contribution in [3.8, 4) is 23.0 Å². The van der Waals surface area contributed by atoms with E-state index < -0.39 is 22.0 Å². The molecule has 1 atom stereocenters. The van der Waals surface area contributed by atoms with Crippen LogP contribution >= 0.6 is 0 Å². The van der Waals surface area contributed by atoms with Crippen molar-refractivity contribution in [3.05, 3.63) is 78.9 Å². The molecule has 34 heavy (non-hydrogen) atoms. The van der Waals surface area contributed by atoms with Crippen molar-refractivity contribution in [2.75, 3.05) is 30.8 Å². The van der Waals surface area contributed by atoms with Crippen LogP contribution in [0.5, 0.6) is 23.0 Å². The van der Waals surface area contributed by atoms with Crippen molar-refractivity contribution in [1.82, 2.24) is 5.32 Å². The van der Waals surface area contributed by atoms with E-state index in [9.17, 15) is 13.2 Å². The largest absolute Gasteiger partial charge is 0.497 e. The first-order valence-electron chi connectivity index (χ1n) is 10.6. The zero-order chi connectivity index (χ0) is 24.6. The molecular weight excluding hydrogens is 456 g/mol. The molecule has 180 valence electrons. The lowest BCUT2D eigenvalue weighted by Gasteiger charge is -2.28. The van der Waals surface area contributed by atoms with Crippen LogP contribution in [0, 0.1) is 0 Å². The maximum absolute atomic E-state index is 12.7.